The number of benzene rings is 2. The van der Waals surface area contributed by atoms with Crippen LogP contribution in [0.4, 0.5) is 5.69 Å². The number of anilines is 1. The molecule has 0 aliphatic rings. The third-order valence-corrected chi connectivity index (χ3v) is 5.34. The number of ether oxygens (including phenoxy) is 3. The Bertz CT molecular complexity index is 1060. The lowest BCUT2D eigenvalue weighted by Gasteiger charge is -2.16. The van der Waals surface area contributed by atoms with Crippen molar-refractivity contribution in [3.8, 4) is 17.2 Å². The number of hydrogen-bond donors (Lipinski definition) is 1. The molecule has 26 heavy (non-hydrogen) atoms. The van der Waals surface area contributed by atoms with Crippen LogP contribution in [0.1, 0.15) is 0 Å². The van der Waals surface area contributed by atoms with E-state index in [1.807, 2.05) is 11.6 Å². The number of fused-ring (bicyclic) bond motifs is 1. The smallest absolute Gasteiger partial charge is 0.265 e. The van der Waals surface area contributed by atoms with E-state index in [0.29, 0.717) is 11.4 Å². The quantitative estimate of drug-likeness (QED) is 0.709. The summed E-state index contributed by atoms with van der Waals surface area (Å²) < 4.78 is 45.9. The third-order valence-electron chi connectivity index (χ3n) is 3.94. The minimum atomic E-state index is -3.92. The first kappa shape index (κ1) is 17.9. The van der Waals surface area contributed by atoms with Crippen molar-refractivity contribution in [1.29, 1.82) is 0 Å². The average molecular weight is 377 g/mol. The van der Waals surface area contributed by atoms with E-state index >= 15 is 0 Å². The van der Waals surface area contributed by atoms with Crippen LogP contribution in [0.15, 0.2) is 41.6 Å². The van der Waals surface area contributed by atoms with Gasteiger partial charge in [-0.25, -0.2) is 13.4 Å². The largest absolute Gasteiger partial charge is 0.493 e. The van der Waals surface area contributed by atoms with Gasteiger partial charge < -0.3 is 18.8 Å². The molecule has 0 bridgehead atoms. The summed E-state index contributed by atoms with van der Waals surface area (Å²) in [6.07, 6.45) is 1.67. The van der Waals surface area contributed by atoms with E-state index in [2.05, 4.69) is 9.71 Å². The van der Waals surface area contributed by atoms with Crippen molar-refractivity contribution >= 4 is 26.7 Å². The fourth-order valence-electron chi connectivity index (χ4n) is 2.69. The summed E-state index contributed by atoms with van der Waals surface area (Å²) in [6.45, 7) is 0. The molecule has 9 heteroatoms. The molecular formula is C17H19N3O5S. The Hall–Kier alpha value is -2.94. The predicted octanol–water partition coefficient (Wildman–Crippen LogP) is 2.40. The Morgan fingerprint density at radius 2 is 1.73 bits per heavy atom. The van der Waals surface area contributed by atoms with Gasteiger partial charge in [0.25, 0.3) is 10.0 Å². The van der Waals surface area contributed by atoms with E-state index in [0.717, 1.165) is 11.0 Å². The number of imidazole rings is 1. The highest BCUT2D eigenvalue weighted by atomic mass is 32.2. The molecule has 0 saturated carbocycles. The summed E-state index contributed by atoms with van der Waals surface area (Å²) in [7, 11) is 2.18. The normalized spacial score (nSPS) is 11.4. The molecule has 0 radical (unpaired) electrons. The SMILES string of the molecule is COc1ccc(S(=O)(=O)Nc2ccc3ncn(C)c3c2)c(OC)c1OC. The van der Waals surface area contributed by atoms with Gasteiger partial charge in [-0.05, 0) is 30.3 Å². The van der Waals surface area contributed by atoms with Crippen molar-refractivity contribution in [2.75, 3.05) is 26.1 Å². The lowest BCUT2D eigenvalue weighted by Crippen LogP contribution is -2.14. The highest BCUT2D eigenvalue weighted by Crippen LogP contribution is 2.42. The van der Waals surface area contributed by atoms with E-state index < -0.39 is 10.0 Å². The molecule has 0 spiro atoms. The molecule has 0 amide bonds. The zero-order chi connectivity index (χ0) is 18.9. The van der Waals surface area contributed by atoms with Crippen LogP contribution < -0.4 is 18.9 Å². The van der Waals surface area contributed by atoms with E-state index in [4.69, 9.17) is 14.2 Å². The van der Waals surface area contributed by atoms with Crippen molar-refractivity contribution in [2.45, 2.75) is 4.90 Å². The molecular weight excluding hydrogens is 358 g/mol. The van der Waals surface area contributed by atoms with Gasteiger partial charge in [-0.1, -0.05) is 0 Å². The summed E-state index contributed by atoms with van der Waals surface area (Å²) in [6, 6.07) is 8.04. The molecule has 1 aromatic heterocycles. The number of nitrogens with one attached hydrogen (secondary N) is 1. The Labute approximate surface area is 151 Å². The first-order valence-corrected chi connectivity index (χ1v) is 9.12. The van der Waals surface area contributed by atoms with E-state index in [9.17, 15) is 8.42 Å². The van der Waals surface area contributed by atoms with Gasteiger partial charge in [0, 0.05) is 7.05 Å². The number of methoxy groups -OCH3 is 3. The summed E-state index contributed by atoms with van der Waals surface area (Å²) in [4.78, 5) is 4.17. The van der Waals surface area contributed by atoms with E-state index in [1.54, 1.807) is 24.5 Å². The van der Waals surface area contributed by atoms with Crippen LogP contribution in [0, 0.1) is 0 Å². The number of rotatable bonds is 6. The number of nitrogens with zero attached hydrogens (tertiary/aromatic N) is 2. The lowest BCUT2D eigenvalue weighted by atomic mass is 10.3. The van der Waals surface area contributed by atoms with Gasteiger partial charge >= 0.3 is 0 Å². The number of aromatic nitrogens is 2. The molecule has 1 N–H and O–H groups in total. The predicted molar refractivity (Wildman–Crippen MR) is 97.6 cm³/mol. The van der Waals surface area contributed by atoms with Crippen LogP contribution in [0.2, 0.25) is 0 Å². The molecule has 3 aromatic rings. The molecule has 2 aromatic carbocycles. The molecule has 8 nitrogen and oxygen atoms in total. The molecule has 0 saturated heterocycles. The van der Waals surface area contributed by atoms with Crippen LogP contribution in [0.5, 0.6) is 17.2 Å². The van der Waals surface area contributed by atoms with E-state index in [1.165, 1.54) is 33.5 Å². The first-order valence-electron chi connectivity index (χ1n) is 7.64. The van der Waals surface area contributed by atoms with Gasteiger partial charge in [-0.3, -0.25) is 4.72 Å². The van der Waals surface area contributed by atoms with Crippen LogP contribution in [0.25, 0.3) is 11.0 Å². The molecule has 0 fully saturated rings. The second-order valence-corrected chi connectivity index (χ2v) is 7.15. The Balaban J connectivity index is 2.05. The zero-order valence-corrected chi connectivity index (χ0v) is 15.6. The Morgan fingerprint density at radius 1 is 1.00 bits per heavy atom. The number of aryl methyl sites for hydroxylation is 1. The minimum absolute atomic E-state index is 0.0530. The second kappa shape index (κ2) is 6.75. The lowest BCUT2D eigenvalue weighted by molar-refractivity contribution is 0.319. The topological polar surface area (TPSA) is 91.7 Å². The van der Waals surface area contributed by atoms with Crippen molar-refractivity contribution in [1.82, 2.24) is 9.55 Å². The average Bonchev–Trinajstić information content (AvgIpc) is 3.00. The van der Waals surface area contributed by atoms with Crippen LogP contribution in [0.3, 0.4) is 0 Å². The van der Waals surface area contributed by atoms with Crippen LogP contribution in [-0.2, 0) is 17.1 Å². The number of hydrogen-bond acceptors (Lipinski definition) is 6. The van der Waals surface area contributed by atoms with Crippen molar-refractivity contribution in [2.24, 2.45) is 7.05 Å². The fraction of sp³-hybridized carbons (Fsp3) is 0.235. The Kier molecular flexibility index (Phi) is 4.64. The summed E-state index contributed by atoms with van der Waals surface area (Å²) in [5.41, 5.74) is 2.00. The Morgan fingerprint density at radius 3 is 2.38 bits per heavy atom. The fourth-order valence-corrected chi connectivity index (χ4v) is 3.90. The van der Waals surface area contributed by atoms with Crippen molar-refractivity contribution < 1.29 is 22.6 Å². The van der Waals surface area contributed by atoms with Crippen LogP contribution in [-0.4, -0.2) is 39.3 Å². The molecule has 1 heterocycles. The molecule has 3 rings (SSSR count). The minimum Gasteiger partial charge on any atom is -0.493 e. The highest BCUT2D eigenvalue weighted by Gasteiger charge is 2.25. The van der Waals surface area contributed by atoms with Gasteiger partial charge in [0.15, 0.2) is 11.5 Å². The highest BCUT2D eigenvalue weighted by molar-refractivity contribution is 7.92. The molecule has 0 unspecified atom stereocenters. The van der Waals surface area contributed by atoms with Gasteiger partial charge in [0.1, 0.15) is 4.90 Å². The van der Waals surface area contributed by atoms with E-state index in [-0.39, 0.29) is 16.4 Å². The van der Waals surface area contributed by atoms with Gasteiger partial charge in [0.05, 0.1) is 44.4 Å². The first-order chi connectivity index (χ1) is 12.4. The third kappa shape index (κ3) is 3.01. The second-order valence-electron chi connectivity index (χ2n) is 5.50. The van der Waals surface area contributed by atoms with Crippen molar-refractivity contribution in [3.05, 3.63) is 36.7 Å². The maximum Gasteiger partial charge on any atom is 0.265 e. The monoisotopic (exact) mass is 377 g/mol. The molecule has 0 atom stereocenters. The molecule has 138 valence electrons. The maximum atomic E-state index is 12.9. The van der Waals surface area contributed by atoms with Crippen molar-refractivity contribution in [3.63, 3.8) is 0 Å². The number of sulfonamides is 1. The summed E-state index contributed by atoms with van der Waals surface area (Å²) >= 11 is 0. The standard InChI is InChI=1S/C17H19N3O5S/c1-20-10-18-12-6-5-11(9-13(12)20)19-26(21,22)15-8-7-14(23-2)16(24-3)17(15)25-4/h5-10,19H,1-4H3. The van der Waals surface area contributed by atoms with Gasteiger partial charge in [-0.15, -0.1) is 0 Å². The summed E-state index contributed by atoms with van der Waals surface area (Å²) in [5.74, 6) is 0.653. The molecule has 0 aliphatic heterocycles. The van der Waals surface area contributed by atoms with Gasteiger partial charge in [-0.2, -0.15) is 0 Å². The zero-order valence-electron chi connectivity index (χ0n) is 14.8. The maximum absolute atomic E-state index is 12.9. The summed E-state index contributed by atoms with van der Waals surface area (Å²) in [5, 5.41) is 0. The van der Waals surface area contributed by atoms with Gasteiger partial charge in [0.2, 0.25) is 5.75 Å². The molecule has 0 aliphatic carbocycles. The van der Waals surface area contributed by atoms with Crippen LogP contribution >= 0.6 is 0 Å².